The number of nitrogens with zero attached hydrogens (tertiary/aromatic N) is 2. The number of piperidine rings is 2. The van der Waals surface area contributed by atoms with Crippen LogP contribution in [0.3, 0.4) is 0 Å². The summed E-state index contributed by atoms with van der Waals surface area (Å²) in [7, 11) is 0. The molecular weight excluding hydrogens is 404 g/mol. The average molecular weight is 439 g/mol. The van der Waals surface area contributed by atoms with Crippen molar-refractivity contribution in [1.29, 1.82) is 0 Å². The predicted molar refractivity (Wildman–Crippen MR) is 125 cm³/mol. The molecule has 0 aliphatic carbocycles. The SMILES string of the molecule is Cc1c(C#CCOC2CCN(CC3CCNCC3)CC2)cccc1N1CCC(=O)NC1=O. The van der Waals surface area contributed by atoms with E-state index in [9.17, 15) is 9.59 Å². The summed E-state index contributed by atoms with van der Waals surface area (Å²) in [6.45, 7) is 8.55. The first kappa shape index (κ1) is 22.8. The number of carbonyl (C=O) groups is 2. The van der Waals surface area contributed by atoms with Crippen LogP contribution < -0.4 is 15.5 Å². The third-order valence-electron chi connectivity index (χ3n) is 6.77. The number of hydrogen-bond acceptors (Lipinski definition) is 5. The van der Waals surface area contributed by atoms with Gasteiger partial charge in [0.25, 0.3) is 0 Å². The molecule has 3 aliphatic rings. The third kappa shape index (κ3) is 5.89. The Morgan fingerprint density at radius 1 is 1.09 bits per heavy atom. The molecule has 3 aliphatic heterocycles. The van der Waals surface area contributed by atoms with Gasteiger partial charge in [-0.3, -0.25) is 15.0 Å². The fourth-order valence-electron chi connectivity index (χ4n) is 4.82. The maximum absolute atomic E-state index is 12.2. The summed E-state index contributed by atoms with van der Waals surface area (Å²) >= 11 is 0. The summed E-state index contributed by atoms with van der Waals surface area (Å²) < 4.78 is 6.04. The van der Waals surface area contributed by atoms with Crippen molar-refractivity contribution in [3.05, 3.63) is 29.3 Å². The maximum Gasteiger partial charge on any atom is 0.328 e. The van der Waals surface area contributed by atoms with E-state index in [1.165, 1.54) is 19.4 Å². The summed E-state index contributed by atoms with van der Waals surface area (Å²) in [6, 6.07) is 5.38. The van der Waals surface area contributed by atoms with Gasteiger partial charge < -0.3 is 15.0 Å². The molecular formula is C25H34N4O3. The number of carbonyl (C=O) groups excluding carboxylic acids is 2. The van der Waals surface area contributed by atoms with E-state index >= 15 is 0 Å². The Hall–Kier alpha value is -2.40. The van der Waals surface area contributed by atoms with Crippen LogP contribution >= 0.6 is 0 Å². The second-order valence-corrected chi connectivity index (χ2v) is 9.01. The van der Waals surface area contributed by atoms with E-state index in [1.807, 2.05) is 25.1 Å². The lowest BCUT2D eigenvalue weighted by molar-refractivity contribution is -0.120. The van der Waals surface area contributed by atoms with Crippen molar-refractivity contribution in [2.45, 2.75) is 45.1 Å². The van der Waals surface area contributed by atoms with Crippen molar-refractivity contribution in [2.75, 3.05) is 50.8 Å². The van der Waals surface area contributed by atoms with Crippen LogP contribution in [0.5, 0.6) is 0 Å². The molecule has 7 nitrogen and oxygen atoms in total. The first-order valence-electron chi connectivity index (χ1n) is 11.8. The number of benzene rings is 1. The molecule has 0 atom stereocenters. The van der Waals surface area contributed by atoms with Gasteiger partial charge >= 0.3 is 6.03 Å². The van der Waals surface area contributed by atoms with Crippen LogP contribution in [0, 0.1) is 24.7 Å². The second-order valence-electron chi connectivity index (χ2n) is 9.01. The number of rotatable bonds is 5. The zero-order valence-electron chi connectivity index (χ0n) is 19.0. The molecule has 0 bridgehead atoms. The highest BCUT2D eigenvalue weighted by molar-refractivity contribution is 6.06. The number of ether oxygens (including phenoxy) is 1. The first-order chi connectivity index (χ1) is 15.6. The van der Waals surface area contributed by atoms with Crippen molar-refractivity contribution >= 4 is 17.6 Å². The summed E-state index contributed by atoms with van der Waals surface area (Å²) in [5.74, 6) is 6.97. The smallest absolute Gasteiger partial charge is 0.328 e. The van der Waals surface area contributed by atoms with Gasteiger partial charge in [0.05, 0.1) is 6.10 Å². The van der Waals surface area contributed by atoms with E-state index in [0.717, 1.165) is 61.8 Å². The minimum absolute atomic E-state index is 0.228. The Morgan fingerprint density at radius 3 is 2.62 bits per heavy atom. The third-order valence-corrected chi connectivity index (χ3v) is 6.77. The maximum atomic E-state index is 12.2. The normalized spacial score (nSPS) is 21.2. The fourth-order valence-corrected chi connectivity index (χ4v) is 4.82. The summed E-state index contributed by atoms with van der Waals surface area (Å²) in [6.07, 6.45) is 5.34. The van der Waals surface area contributed by atoms with Gasteiger partial charge in [-0.2, -0.15) is 0 Å². The molecule has 3 fully saturated rings. The summed E-state index contributed by atoms with van der Waals surface area (Å²) in [5.41, 5.74) is 2.62. The quantitative estimate of drug-likeness (QED) is 0.690. The van der Waals surface area contributed by atoms with Gasteiger partial charge in [-0.15, -0.1) is 0 Å². The molecule has 32 heavy (non-hydrogen) atoms. The highest BCUT2D eigenvalue weighted by Gasteiger charge is 2.26. The van der Waals surface area contributed by atoms with Gasteiger partial charge in [-0.05, 0) is 69.3 Å². The average Bonchev–Trinajstić information content (AvgIpc) is 2.80. The molecule has 3 heterocycles. The minimum atomic E-state index is -0.371. The van der Waals surface area contributed by atoms with Crippen LogP contribution in [0.2, 0.25) is 0 Å². The Balaban J connectivity index is 1.24. The van der Waals surface area contributed by atoms with Gasteiger partial charge in [-0.1, -0.05) is 17.9 Å². The zero-order chi connectivity index (χ0) is 22.3. The molecule has 172 valence electrons. The van der Waals surface area contributed by atoms with Crippen LogP contribution in [-0.2, 0) is 9.53 Å². The lowest BCUT2D eigenvalue weighted by Crippen LogP contribution is -2.49. The van der Waals surface area contributed by atoms with Crippen molar-refractivity contribution < 1.29 is 14.3 Å². The van der Waals surface area contributed by atoms with E-state index < -0.39 is 0 Å². The Bertz CT molecular complexity index is 877. The molecule has 0 radical (unpaired) electrons. The van der Waals surface area contributed by atoms with Crippen LogP contribution in [0.1, 0.15) is 43.2 Å². The molecule has 1 aromatic carbocycles. The lowest BCUT2D eigenvalue weighted by Gasteiger charge is -2.35. The van der Waals surface area contributed by atoms with E-state index in [-0.39, 0.29) is 18.0 Å². The highest BCUT2D eigenvalue weighted by Crippen LogP contribution is 2.24. The Morgan fingerprint density at radius 2 is 1.88 bits per heavy atom. The fraction of sp³-hybridized carbons (Fsp3) is 0.600. The van der Waals surface area contributed by atoms with E-state index in [2.05, 4.69) is 27.4 Å². The van der Waals surface area contributed by atoms with Crippen LogP contribution in [0.25, 0.3) is 0 Å². The van der Waals surface area contributed by atoms with Gasteiger partial charge in [0.1, 0.15) is 6.61 Å². The summed E-state index contributed by atoms with van der Waals surface area (Å²) in [5, 5.41) is 5.82. The molecule has 0 unspecified atom stereocenters. The standard InChI is InChI=1S/C25H34N4O3/c1-19-21(4-2-6-23(19)29-16-11-24(30)27-25(29)31)5-3-17-32-22-9-14-28(15-10-22)18-20-7-12-26-13-8-20/h2,4,6,20,22,26H,7-18H2,1H3,(H,27,30,31). The number of likely N-dealkylation sites (tertiary alicyclic amines) is 1. The molecule has 3 amide bonds. The molecule has 4 rings (SSSR count). The Kier molecular flexibility index (Phi) is 7.80. The highest BCUT2D eigenvalue weighted by atomic mass is 16.5. The van der Waals surface area contributed by atoms with Crippen molar-refractivity contribution in [3.63, 3.8) is 0 Å². The van der Waals surface area contributed by atoms with E-state index in [4.69, 9.17) is 4.74 Å². The molecule has 2 N–H and O–H groups in total. The Labute approximate surface area is 190 Å². The van der Waals surface area contributed by atoms with E-state index in [0.29, 0.717) is 19.6 Å². The number of anilines is 1. The van der Waals surface area contributed by atoms with Gasteiger partial charge in [0.2, 0.25) is 5.91 Å². The number of urea groups is 1. The van der Waals surface area contributed by atoms with Crippen molar-refractivity contribution in [2.24, 2.45) is 5.92 Å². The van der Waals surface area contributed by atoms with Crippen molar-refractivity contribution in [1.82, 2.24) is 15.5 Å². The monoisotopic (exact) mass is 438 g/mol. The number of hydrogen-bond donors (Lipinski definition) is 2. The number of nitrogens with one attached hydrogen (secondary N) is 2. The van der Waals surface area contributed by atoms with E-state index in [1.54, 1.807) is 4.90 Å². The lowest BCUT2D eigenvalue weighted by atomic mass is 9.96. The topological polar surface area (TPSA) is 73.9 Å². The number of imide groups is 1. The zero-order valence-corrected chi connectivity index (χ0v) is 19.0. The van der Waals surface area contributed by atoms with Crippen LogP contribution in [-0.4, -0.2) is 68.8 Å². The van der Waals surface area contributed by atoms with Gasteiger partial charge in [0.15, 0.2) is 0 Å². The molecule has 0 aromatic heterocycles. The van der Waals surface area contributed by atoms with Crippen LogP contribution in [0.4, 0.5) is 10.5 Å². The molecule has 1 aromatic rings. The molecule has 0 saturated carbocycles. The molecule has 0 spiro atoms. The second kappa shape index (κ2) is 11.0. The predicted octanol–water partition coefficient (Wildman–Crippen LogP) is 2.27. The largest absolute Gasteiger partial charge is 0.365 e. The number of amides is 3. The molecule has 3 saturated heterocycles. The molecule has 7 heteroatoms. The summed E-state index contributed by atoms with van der Waals surface area (Å²) in [4.78, 5) is 27.8. The minimum Gasteiger partial charge on any atom is -0.365 e. The van der Waals surface area contributed by atoms with Gasteiger partial charge in [0, 0.05) is 43.9 Å². The van der Waals surface area contributed by atoms with Crippen LogP contribution in [0.15, 0.2) is 18.2 Å². The van der Waals surface area contributed by atoms with Gasteiger partial charge in [-0.25, -0.2) is 4.79 Å². The first-order valence-corrected chi connectivity index (χ1v) is 11.8. The van der Waals surface area contributed by atoms with Crippen molar-refractivity contribution in [3.8, 4) is 11.8 Å².